The number of aliphatic hydroxyl groups is 1. The largest absolute Gasteiger partial charge is 0.472 e. The molecular formula is C77H148N2O6P+. The van der Waals surface area contributed by atoms with Crippen LogP contribution in [-0.2, 0) is 18.4 Å². The molecule has 0 rings (SSSR count). The van der Waals surface area contributed by atoms with Crippen LogP contribution in [0.15, 0.2) is 60.8 Å². The molecule has 0 aromatic heterocycles. The summed E-state index contributed by atoms with van der Waals surface area (Å²) in [4.78, 5) is 23.4. The molecule has 8 nitrogen and oxygen atoms in total. The molecule has 0 bridgehead atoms. The van der Waals surface area contributed by atoms with E-state index in [9.17, 15) is 19.4 Å². The standard InChI is InChI=1S/C77H147N2O6P/c1-6-8-10-12-14-16-18-20-22-24-26-28-30-32-34-35-36-37-38-39-40-41-42-43-45-47-49-51-53-55-57-59-61-63-65-67-69-71-77(81)78-75(74-85-86(82,83)84-73-72-79(3,4)5)76(80)70-68-66-64-62-60-58-56-54-52-50-48-46-44-33-31-29-27-25-23-21-19-17-15-13-11-9-7-2/h18,20,24,26,52,54,60,62,68,70,75-76,80H,6-17,19,21-23,25,27-51,53,55-59,61,63-67,69,71-74H2,1-5H3,(H-,78,81,82,83)/p+1/b20-18-,26-24-,54-52+,62-60+,70-68+. The summed E-state index contributed by atoms with van der Waals surface area (Å²) >= 11 is 0. The second-order valence-electron chi connectivity index (χ2n) is 27.0. The summed E-state index contributed by atoms with van der Waals surface area (Å²) in [5.74, 6) is -0.184. The first-order valence-electron chi connectivity index (χ1n) is 37.7. The van der Waals surface area contributed by atoms with E-state index in [2.05, 4.69) is 67.8 Å². The first-order valence-corrected chi connectivity index (χ1v) is 39.2. The third-order valence-corrected chi connectivity index (χ3v) is 18.2. The summed E-state index contributed by atoms with van der Waals surface area (Å²) in [6.07, 6.45) is 94.0. The van der Waals surface area contributed by atoms with Crippen molar-refractivity contribution < 1.29 is 32.9 Å². The van der Waals surface area contributed by atoms with Gasteiger partial charge in [0.15, 0.2) is 0 Å². The number of carbonyl (C=O) groups is 1. The van der Waals surface area contributed by atoms with Crippen LogP contribution in [-0.4, -0.2) is 73.4 Å². The fourth-order valence-electron chi connectivity index (χ4n) is 11.3. The first-order chi connectivity index (χ1) is 42.0. The van der Waals surface area contributed by atoms with Crippen LogP contribution in [0.25, 0.3) is 0 Å². The summed E-state index contributed by atoms with van der Waals surface area (Å²) in [6, 6.07) is -0.872. The van der Waals surface area contributed by atoms with E-state index in [-0.39, 0.29) is 19.1 Å². The van der Waals surface area contributed by atoms with Crippen molar-refractivity contribution in [2.45, 2.75) is 386 Å². The number of nitrogens with zero attached hydrogens (tertiary/aromatic N) is 1. The number of amides is 1. The van der Waals surface area contributed by atoms with Crippen molar-refractivity contribution in [3.05, 3.63) is 60.8 Å². The van der Waals surface area contributed by atoms with Crippen LogP contribution in [0, 0.1) is 0 Å². The van der Waals surface area contributed by atoms with Gasteiger partial charge in [0.2, 0.25) is 5.91 Å². The molecule has 506 valence electrons. The number of aliphatic hydroxyl groups excluding tert-OH is 1. The monoisotopic (exact) mass is 1230 g/mol. The highest BCUT2D eigenvalue weighted by Gasteiger charge is 2.28. The van der Waals surface area contributed by atoms with E-state index in [1.807, 2.05) is 27.2 Å². The van der Waals surface area contributed by atoms with E-state index >= 15 is 0 Å². The molecule has 0 saturated heterocycles. The Morgan fingerprint density at radius 3 is 1.00 bits per heavy atom. The number of hydrogen-bond acceptors (Lipinski definition) is 5. The van der Waals surface area contributed by atoms with Crippen molar-refractivity contribution in [2.75, 3.05) is 40.9 Å². The lowest BCUT2D eigenvalue weighted by Gasteiger charge is -2.25. The van der Waals surface area contributed by atoms with Crippen molar-refractivity contribution >= 4 is 13.7 Å². The molecule has 3 unspecified atom stereocenters. The maximum absolute atomic E-state index is 13.1. The van der Waals surface area contributed by atoms with Crippen molar-refractivity contribution in [3.8, 4) is 0 Å². The third-order valence-electron chi connectivity index (χ3n) is 17.2. The number of carbonyl (C=O) groups excluding carboxylic acids is 1. The van der Waals surface area contributed by atoms with E-state index in [4.69, 9.17) is 9.05 Å². The molecule has 0 radical (unpaired) electrons. The summed E-state index contributed by atoms with van der Waals surface area (Å²) in [6.45, 7) is 4.83. The number of hydrogen-bond donors (Lipinski definition) is 3. The van der Waals surface area contributed by atoms with Crippen LogP contribution in [0.5, 0.6) is 0 Å². The number of rotatable bonds is 70. The quantitative estimate of drug-likeness (QED) is 0.0243. The summed E-state index contributed by atoms with van der Waals surface area (Å²) in [5, 5.41) is 14.0. The van der Waals surface area contributed by atoms with Gasteiger partial charge in [0.05, 0.1) is 39.9 Å². The zero-order valence-electron chi connectivity index (χ0n) is 58.1. The normalized spacial score (nSPS) is 13.9. The van der Waals surface area contributed by atoms with Crippen LogP contribution in [0.4, 0.5) is 0 Å². The molecule has 0 aromatic carbocycles. The van der Waals surface area contributed by atoms with E-state index in [0.717, 1.165) is 51.4 Å². The van der Waals surface area contributed by atoms with Crippen molar-refractivity contribution in [1.29, 1.82) is 0 Å². The predicted molar refractivity (Wildman–Crippen MR) is 378 cm³/mol. The number of allylic oxidation sites excluding steroid dienone is 9. The second-order valence-corrected chi connectivity index (χ2v) is 28.5. The van der Waals surface area contributed by atoms with Crippen molar-refractivity contribution in [3.63, 3.8) is 0 Å². The van der Waals surface area contributed by atoms with Gasteiger partial charge in [0.25, 0.3) is 0 Å². The highest BCUT2D eigenvalue weighted by atomic mass is 31.2. The first kappa shape index (κ1) is 84.2. The zero-order chi connectivity index (χ0) is 62.6. The van der Waals surface area contributed by atoms with Gasteiger partial charge in [0, 0.05) is 6.42 Å². The van der Waals surface area contributed by atoms with Gasteiger partial charge < -0.3 is 19.8 Å². The highest BCUT2D eigenvalue weighted by molar-refractivity contribution is 7.47. The van der Waals surface area contributed by atoms with Crippen LogP contribution in [0.2, 0.25) is 0 Å². The van der Waals surface area contributed by atoms with Gasteiger partial charge in [-0.15, -0.1) is 0 Å². The fourth-order valence-corrected chi connectivity index (χ4v) is 12.1. The molecule has 0 spiro atoms. The Hall–Kier alpha value is -1.80. The minimum atomic E-state index is -4.37. The molecular weight excluding hydrogens is 1080 g/mol. The Labute approximate surface area is 536 Å². The van der Waals surface area contributed by atoms with Crippen LogP contribution < -0.4 is 5.32 Å². The molecule has 0 aromatic rings. The Kier molecular flexibility index (Phi) is 66.2. The Morgan fingerprint density at radius 1 is 0.395 bits per heavy atom. The summed E-state index contributed by atoms with van der Waals surface area (Å²) < 4.78 is 23.8. The van der Waals surface area contributed by atoms with Crippen LogP contribution >= 0.6 is 7.82 Å². The van der Waals surface area contributed by atoms with E-state index in [0.29, 0.717) is 17.4 Å². The molecule has 0 saturated carbocycles. The van der Waals surface area contributed by atoms with Gasteiger partial charge >= 0.3 is 7.82 Å². The highest BCUT2D eigenvalue weighted by Crippen LogP contribution is 2.43. The smallest absolute Gasteiger partial charge is 0.387 e. The molecule has 0 fully saturated rings. The molecule has 86 heavy (non-hydrogen) atoms. The molecule has 9 heteroatoms. The maximum atomic E-state index is 13.1. The maximum Gasteiger partial charge on any atom is 0.472 e. The Balaban J connectivity index is 4.02. The van der Waals surface area contributed by atoms with Crippen molar-refractivity contribution in [2.24, 2.45) is 0 Å². The average molecular weight is 1230 g/mol. The number of phosphoric acid groups is 1. The number of likely N-dealkylation sites (N-methyl/N-ethyl adjacent to an activating group) is 1. The molecule has 1 amide bonds. The van der Waals surface area contributed by atoms with Crippen molar-refractivity contribution in [1.82, 2.24) is 5.32 Å². The SMILES string of the molecule is CCCCCCC/C=C\C/C=C\CCCCCCCCCCCCCCCCCCCCCCCCCCCC(=O)NC(COP(=O)(O)OCC[N+](C)(C)C)C(O)/C=C/CC/C=C/CC/C=C/CCCCCCCCCCCCCCCCCCC. The van der Waals surface area contributed by atoms with E-state index < -0.39 is 20.0 Å². The molecule has 3 N–H and O–H groups in total. The number of quaternary nitrogens is 1. The minimum absolute atomic E-state index is 0.0541. The second kappa shape index (κ2) is 67.6. The van der Waals surface area contributed by atoms with E-state index in [1.165, 1.54) is 302 Å². The van der Waals surface area contributed by atoms with Crippen LogP contribution in [0.1, 0.15) is 373 Å². The summed E-state index contributed by atoms with van der Waals surface area (Å²) in [5.41, 5.74) is 0. The predicted octanol–water partition coefficient (Wildman–Crippen LogP) is 24.3. The molecule has 0 aliphatic carbocycles. The van der Waals surface area contributed by atoms with Gasteiger partial charge in [-0.05, 0) is 77.0 Å². The number of unbranched alkanes of at least 4 members (excludes halogenated alkanes) is 49. The topological polar surface area (TPSA) is 105 Å². The Bertz CT molecular complexity index is 1590. The van der Waals surface area contributed by atoms with Gasteiger partial charge in [0.1, 0.15) is 13.2 Å². The van der Waals surface area contributed by atoms with E-state index in [1.54, 1.807) is 6.08 Å². The molecule has 0 aliphatic rings. The number of phosphoric ester groups is 1. The molecule has 0 aliphatic heterocycles. The number of nitrogens with one attached hydrogen (secondary N) is 1. The lowest BCUT2D eigenvalue weighted by Crippen LogP contribution is -2.45. The average Bonchev–Trinajstić information content (AvgIpc) is 3.70. The summed E-state index contributed by atoms with van der Waals surface area (Å²) in [7, 11) is 1.56. The lowest BCUT2D eigenvalue weighted by molar-refractivity contribution is -0.870. The van der Waals surface area contributed by atoms with Gasteiger partial charge in [-0.1, -0.05) is 351 Å². The zero-order valence-corrected chi connectivity index (χ0v) is 59.0. The van der Waals surface area contributed by atoms with Gasteiger partial charge in [-0.3, -0.25) is 13.8 Å². The Morgan fingerprint density at radius 2 is 0.674 bits per heavy atom. The molecule has 3 atom stereocenters. The van der Waals surface area contributed by atoms with Crippen LogP contribution in [0.3, 0.4) is 0 Å². The molecule has 0 heterocycles. The van der Waals surface area contributed by atoms with Gasteiger partial charge in [-0.25, -0.2) is 4.57 Å². The fraction of sp³-hybridized carbons (Fsp3) is 0.857. The third kappa shape index (κ3) is 69.7. The van der Waals surface area contributed by atoms with Gasteiger partial charge in [-0.2, -0.15) is 0 Å². The minimum Gasteiger partial charge on any atom is -0.387 e. The lowest BCUT2D eigenvalue weighted by atomic mass is 10.0.